The lowest BCUT2D eigenvalue weighted by molar-refractivity contribution is -0.119. The molecule has 4 rings (SSSR count). The van der Waals surface area contributed by atoms with Crippen LogP contribution in [0, 0.1) is 6.92 Å². The summed E-state index contributed by atoms with van der Waals surface area (Å²) in [4.78, 5) is 27.9. The van der Waals surface area contributed by atoms with Gasteiger partial charge in [-0.05, 0) is 13.3 Å². The van der Waals surface area contributed by atoms with Gasteiger partial charge in [-0.25, -0.2) is 19.6 Å². The highest BCUT2D eigenvalue weighted by Gasteiger charge is 2.29. The maximum Gasteiger partial charge on any atom is 0.217 e. The Morgan fingerprint density at radius 2 is 2.10 bits per heavy atom. The van der Waals surface area contributed by atoms with E-state index in [-0.39, 0.29) is 17.4 Å². The lowest BCUT2D eigenvalue weighted by Crippen LogP contribution is -2.36. The smallest absolute Gasteiger partial charge is 0.217 e. The van der Waals surface area contributed by atoms with Crippen molar-refractivity contribution in [2.24, 2.45) is 0 Å². The van der Waals surface area contributed by atoms with Crippen LogP contribution >= 0.6 is 0 Å². The van der Waals surface area contributed by atoms with Crippen LogP contribution in [0.25, 0.3) is 11.2 Å². The van der Waals surface area contributed by atoms with E-state index >= 15 is 0 Å². The molecule has 1 atom stereocenters. The highest BCUT2D eigenvalue weighted by atomic mass is 16.6. The molecule has 1 N–H and O–H groups in total. The van der Waals surface area contributed by atoms with E-state index in [9.17, 15) is 4.79 Å². The van der Waals surface area contributed by atoms with Crippen LogP contribution in [0.1, 0.15) is 51.3 Å². The number of anilines is 1. The molecule has 1 saturated heterocycles. The Bertz CT molecular complexity index is 1050. The van der Waals surface area contributed by atoms with Crippen molar-refractivity contribution in [3.8, 4) is 0 Å². The number of hydrogen-bond acceptors (Lipinski definition) is 8. The molecule has 1 fully saturated rings. The number of nitrogens with zero attached hydrogens (tertiary/aromatic N) is 7. The van der Waals surface area contributed by atoms with Crippen LogP contribution in [-0.4, -0.2) is 54.9 Å². The monoisotopic (exact) mass is 398 g/mol. The summed E-state index contributed by atoms with van der Waals surface area (Å²) >= 11 is 0. The first-order valence-corrected chi connectivity index (χ1v) is 9.76. The number of rotatable bonds is 4. The van der Waals surface area contributed by atoms with Crippen LogP contribution in [0.15, 0.2) is 11.0 Å². The predicted octanol–water partition coefficient (Wildman–Crippen LogP) is 1.58. The quantitative estimate of drug-likeness (QED) is 0.704. The topological polar surface area (TPSA) is 115 Å². The Balaban J connectivity index is 1.76. The van der Waals surface area contributed by atoms with Crippen LogP contribution in [-0.2, 0) is 16.8 Å². The van der Waals surface area contributed by atoms with Crippen molar-refractivity contribution in [1.82, 2.24) is 35.1 Å². The molecule has 0 radical (unpaired) electrons. The van der Waals surface area contributed by atoms with Gasteiger partial charge in [-0.2, -0.15) is 0 Å². The van der Waals surface area contributed by atoms with Crippen molar-refractivity contribution in [2.45, 2.75) is 59.0 Å². The lowest BCUT2D eigenvalue weighted by Gasteiger charge is -2.22. The molecule has 1 amide bonds. The first kappa shape index (κ1) is 19.3. The Morgan fingerprint density at radius 1 is 1.31 bits per heavy atom. The van der Waals surface area contributed by atoms with Gasteiger partial charge in [-0.15, -0.1) is 0 Å². The lowest BCUT2D eigenvalue weighted by atomic mass is 9.96. The molecule has 4 heterocycles. The van der Waals surface area contributed by atoms with Gasteiger partial charge < -0.3 is 14.8 Å². The molecule has 0 unspecified atom stereocenters. The zero-order valence-electron chi connectivity index (χ0n) is 17.4. The second-order valence-electron chi connectivity index (χ2n) is 8.59. The predicted molar refractivity (Wildman–Crippen MR) is 107 cm³/mol. The average Bonchev–Trinajstić information content (AvgIpc) is 3.35. The maximum absolute atomic E-state index is 11.4. The number of carbonyl (C=O) groups is 1. The minimum absolute atomic E-state index is 0.0130. The summed E-state index contributed by atoms with van der Waals surface area (Å²) in [6.07, 6.45) is 2.63. The molecule has 3 aromatic heterocycles. The van der Waals surface area contributed by atoms with Crippen molar-refractivity contribution in [2.75, 3.05) is 18.0 Å². The minimum Gasteiger partial charge on any atom is -0.353 e. The van der Waals surface area contributed by atoms with Gasteiger partial charge in [0, 0.05) is 31.5 Å². The van der Waals surface area contributed by atoms with E-state index in [2.05, 4.69) is 46.3 Å². The summed E-state index contributed by atoms with van der Waals surface area (Å²) in [7, 11) is 0. The number of aromatic nitrogens is 6. The summed E-state index contributed by atoms with van der Waals surface area (Å²) < 4.78 is 6.77. The number of imidazole rings is 1. The molecule has 3 aromatic rings. The molecule has 0 aliphatic carbocycles. The normalized spacial score (nSPS) is 17.3. The van der Waals surface area contributed by atoms with Gasteiger partial charge in [-0.1, -0.05) is 31.1 Å². The zero-order valence-corrected chi connectivity index (χ0v) is 17.4. The van der Waals surface area contributed by atoms with E-state index < -0.39 is 0 Å². The van der Waals surface area contributed by atoms with Gasteiger partial charge in [0.25, 0.3) is 0 Å². The van der Waals surface area contributed by atoms with Crippen LogP contribution in [0.3, 0.4) is 0 Å². The summed E-state index contributed by atoms with van der Waals surface area (Å²) in [5, 5.41) is 10.8. The second kappa shape index (κ2) is 7.09. The molecule has 0 bridgehead atoms. The van der Waals surface area contributed by atoms with Crippen LogP contribution in [0.4, 0.5) is 5.82 Å². The van der Waals surface area contributed by atoms with Gasteiger partial charge in [0.05, 0.1) is 12.9 Å². The molecule has 0 aromatic carbocycles. The fourth-order valence-corrected chi connectivity index (χ4v) is 3.51. The highest BCUT2D eigenvalue weighted by molar-refractivity contribution is 5.84. The number of hydrogen-bond donors (Lipinski definition) is 1. The minimum atomic E-state index is -0.222. The van der Waals surface area contributed by atoms with Crippen molar-refractivity contribution >= 4 is 22.9 Å². The Labute approximate surface area is 168 Å². The first-order valence-electron chi connectivity index (χ1n) is 9.76. The molecule has 29 heavy (non-hydrogen) atoms. The molecule has 0 spiro atoms. The van der Waals surface area contributed by atoms with Gasteiger partial charge in [-0.3, -0.25) is 4.79 Å². The summed E-state index contributed by atoms with van der Waals surface area (Å²) in [5.41, 5.74) is 2.77. The average molecular weight is 398 g/mol. The van der Waals surface area contributed by atoms with Gasteiger partial charge in [0.2, 0.25) is 5.91 Å². The maximum atomic E-state index is 11.4. The molecule has 10 heteroatoms. The SMILES string of the molecule is CC(=O)N[C@H]1CCN(c2nc(C(C)(C)C)nc3c2ncn3Cc2nonc2C)C1. The van der Waals surface area contributed by atoms with Gasteiger partial charge in [0.1, 0.15) is 17.2 Å². The highest BCUT2D eigenvalue weighted by Crippen LogP contribution is 2.30. The third-order valence-electron chi connectivity index (χ3n) is 5.08. The van der Waals surface area contributed by atoms with Crippen LogP contribution in [0.5, 0.6) is 0 Å². The zero-order chi connectivity index (χ0) is 20.8. The van der Waals surface area contributed by atoms with E-state index in [0.717, 1.165) is 47.2 Å². The van der Waals surface area contributed by atoms with Gasteiger partial charge >= 0.3 is 0 Å². The third-order valence-corrected chi connectivity index (χ3v) is 5.08. The first-order chi connectivity index (χ1) is 13.7. The number of nitrogens with one attached hydrogen (secondary N) is 1. The number of aryl methyl sites for hydroxylation is 1. The van der Waals surface area contributed by atoms with E-state index in [0.29, 0.717) is 13.1 Å². The second-order valence-corrected chi connectivity index (χ2v) is 8.59. The molecule has 1 aliphatic rings. The Hall–Kier alpha value is -3.04. The van der Waals surface area contributed by atoms with Crippen molar-refractivity contribution in [1.29, 1.82) is 0 Å². The molecule has 154 valence electrons. The molecular weight excluding hydrogens is 372 g/mol. The van der Waals surface area contributed by atoms with E-state index in [1.165, 1.54) is 0 Å². The van der Waals surface area contributed by atoms with Crippen LogP contribution in [0.2, 0.25) is 0 Å². The molecule has 0 saturated carbocycles. The number of carbonyl (C=O) groups excluding carboxylic acids is 1. The van der Waals surface area contributed by atoms with Crippen molar-refractivity contribution in [3.63, 3.8) is 0 Å². The Morgan fingerprint density at radius 3 is 2.76 bits per heavy atom. The summed E-state index contributed by atoms with van der Waals surface area (Å²) in [6, 6.07) is 0.113. The Kier molecular flexibility index (Phi) is 4.71. The standard InChI is InChI=1S/C19H26N8O2/c1-11-14(25-29-24-11)9-27-10-20-15-16(22-18(19(3,4)5)23-17(15)27)26-7-6-13(8-26)21-12(2)28/h10,13H,6-9H2,1-5H3,(H,21,28)/t13-/m0/s1. The van der Waals surface area contributed by atoms with E-state index in [4.69, 9.17) is 14.6 Å². The summed E-state index contributed by atoms with van der Waals surface area (Å²) in [6.45, 7) is 11.7. The fourth-order valence-electron chi connectivity index (χ4n) is 3.51. The fraction of sp³-hybridized carbons (Fsp3) is 0.579. The number of amides is 1. The van der Waals surface area contributed by atoms with E-state index in [1.54, 1.807) is 13.3 Å². The molecular formula is C19H26N8O2. The summed E-state index contributed by atoms with van der Waals surface area (Å²) in [5.74, 6) is 1.54. The van der Waals surface area contributed by atoms with Crippen molar-refractivity contribution in [3.05, 3.63) is 23.5 Å². The third kappa shape index (κ3) is 3.79. The van der Waals surface area contributed by atoms with Crippen LogP contribution < -0.4 is 10.2 Å². The van der Waals surface area contributed by atoms with E-state index in [1.807, 2.05) is 11.5 Å². The molecule has 10 nitrogen and oxygen atoms in total. The largest absolute Gasteiger partial charge is 0.353 e. The molecule has 1 aliphatic heterocycles. The number of fused-ring (bicyclic) bond motifs is 1. The van der Waals surface area contributed by atoms with Crippen molar-refractivity contribution < 1.29 is 9.42 Å². The van der Waals surface area contributed by atoms with Gasteiger partial charge in [0.15, 0.2) is 17.0 Å².